The Kier molecular flexibility index (Phi) is 4.54. The monoisotopic (exact) mass is 277 g/mol. The summed E-state index contributed by atoms with van der Waals surface area (Å²) in [6.07, 6.45) is 0.836. The second-order valence-electron chi connectivity index (χ2n) is 4.07. The zero-order chi connectivity index (χ0) is 13.7. The van der Waals surface area contributed by atoms with E-state index < -0.39 is 5.97 Å². The molecule has 0 bridgehead atoms. The first-order chi connectivity index (χ1) is 9.18. The predicted octanol–water partition coefficient (Wildman–Crippen LogP) is 2.79. The molecular weight excluding hydrogens is 262 g/mol. The standard InChI is InChI=1S/C14H15NO3S/c15-12-5-1-3-10(13(12)14(16)17)9-18-7-6-11-4-2-8-19-11/h1-5,8H,6-7,9,15H2,(H,16,17). The van der Waals surface area contributed by atoms with Gasteiger partial charge in [-0.15, -0.1) is 11.3 Å². The topological polar surface area (TPSA) is 72.5 Å². The molecule has 0 amide bonds. The fourth-order valence-electron chi connectivity index (χ4n) is 1.81. The van der Waals surface area contributed by atoms with Gasteiger partial charge >= 0.3 is 5.97 Å². The summed E-state index contributed by atoms with van der Waals surface area (Å²) in [7, 11) is 0. The van der Waals surface area contributed by atoms with Crippen molar-refractivity contribution in [3.63, 3.8) is 0 Å². The van der Waals surface area contributed by atoms with Gasteiger partial charge in [0.2, 0.25) is 0 Å². The molecule has 19 heavy (non-hydrogen) atoms. The highest BCUT2D eigenvalue weighted by Gasteiger charge is 2.13. The van der Waals surface area contributed by atoms with Gasteiger partial charge in [-0.1, -0.05) is 18.2 Å². The third-order valence-corrected chi connectivity index (χ3v) is 3.66. The van der Waals surface area contributed by atoms with Crippen LogP contribution in [0, 0.1) is 0 Å². The van der Waals surface area contributed by atoms with Gasteiger partial charge in [-0.25, -0.2) is 4.79 Å². The number of ether oxygens (including phenoxy) is 1. The Hall–Kier alpha value is -1.85. The van der Waals surface area contributed by atoms with Gasteiger partial charge in [0.15, 0.2) is 0 Å². The Morgan fingerprint density at radius 3 is 2.84 bits per heavy atom. The first kappa shape index (κ1) is 13.6. The molecule has 3 N–H and O–H groups in total. The van der Waals surface area contributed by atoms with Crippen molar-refractivity contribution in [3.8, 4) is 0 Å². The lowest BCUT2D eigenvalue weighted by Gasteiger charge is -2.09. The fraction of sp³-hybridized carbons (Fsp3) is 0.214. The Bertz CT molecular complexity index is 552. The van der Waals surface area contributed by atoms with E-state index >= 15 is 0 Å². The maximum absolute atomic E-state index is 11.1. The summed E-state index contributed by atoms with van der Waals surface area (Å²) in [6.45, 7) is 0.826. The van der Waals surface area contributed by atoms with Crippen LogP contribution in [0.25, 0.3) is 0 Å². The molecule has 2 rings (SSSR count). The Morgan fingerprint density at radius 2 is 2.16 bits per heavy atom. The van der Waals surface area contributed by atoms with E-state index in [2.05, 4.69) is 6.07 Å². The highest BCUT2D eigenvalue weighted by atomic mass is 32.1. The van der Waals surface area contributed by atoms with E-state index in [4.69, 9.17) is 15.6 Å². The van der Waals surface area contributed by atoms with Crippen LogP contribution in [-0.4, -0.2) is 17.7 Å². The van der Waals surface area contributed by atoms with Crippen LogP contribution in [0.4, 0.5) is 5.69 Å². The lowest BCUT2D eigenvalue weighted by atomic mass is 10.1. The highest BCUT2D eigenvalue weighted by Crippen LogP contribution is 2.18. The van der Waals surface area contributed by atoms with Crippen molar-refractivity contribution in [2.45, 2.75) is 13.0 Å². The zero-order valence-electron chi connectivity index (χ0n) is 10.3. The number of nitrogens with two attached hydrogens (primary N) is 1. The minimum absolute atomic E-state index is 0.138. The Balaban J connectivity index is 1.92. The van der Waals surface area contributed by atoms with E-state index in [1.165, 1.54) is 4.88 Å². The number of aromatic carboxylic acids is 1. The highest BCUT2D eigenvalue weighted by molar-refractivity contribution is 7.09. The average Bonchev–Trinajstić information content (AvgIpc) is 2.87. The summed E-state index contributed by atoms with van der Waals surface area (Å²) < 4.78 is 5.53. The number of nitrogen functional groups attached to an aromatic ring is 1. The SMILES string of the molecule is Nc1cccc(COCCc2cccs2)c1C(=O)O. The van der Waals surface area contributed by atoms with E-state index in [1.54, 1.807) is 29.5 Å². The number of anilines is 1. The number of benzene rings is 1. The van der Waals surface area contributed by atoms with Crippen LogP contribution >= 0.6 is 11.3 Å². The largest absolute Gasteiger partial charge is 0.478 e. The van der Waals surface area contributed by atoms with Gasteiger partial charge in [0.05, 0.1) is 18.8 Å². The summed E-state index contributed by atoms with van der Waals surface area (Å²) in [5.41, 5.74) is 6.69. The van der Waals surface area contributed by atoms with E-state index in [9.17, 15) is 4.79 Å². The lowest BCUT2D eigenvalue weighted by molar-refractivity contribution is 0.0689. The third kappa shape index (κ3) is 3.56. The molecule has 1 aromatic heterocycles. The molecule has 0 fully saturated rings. The maximum Gasteiger partial charge on any atom is 0.338 e. The molecule has 1 aromatic carbocycles. The molecule has 0 unspecified atom stereocenters. The molecule has 5 heteroatoms. The number of hydrogen-bond acceptors (Lipinski definition) is 4. The van der Waals surface area contributed by atoms with Crippen molar-refractivity contribution in [3.05, 3.63) is 51.7 Å². The smallest absolute Gasteiger partial charge is 0.338 e. The predicted molar refractivity (Wildman–Crippen MR) is 75.5 cm³/mol. The van der Waals surface area contributed by atoms with Gasteiger partial charge in [0, 0.05) is 17.0 Å². The van der Waals surface area contributed by atoms with E-state index in [0.29, 0.717) is 12.2 Å². The van der Waals surface area contributed by atoms with Crippen molar-refractivity contribution in [2.24, 2.45) is 0 Å². The van der Waals surface area contributed by atoms with Crippen LogP contribution in [0.2, 0.25) is 0 Å². The van der Waals surface area contributed by atoms with Crippen molar-refractivity contribution >= 4 is 23.0 Å². The molecule has 0 spiro atoms. The molecule has 0 atom stereocenters. The number of hydrogen-bond donors (Lipinski definition) is 2. The summed E-state index contributed by atoms with van der Waals surface area (Å²) in [6, 6.07) is 9.10. The average molecular weight is 277 g/mol. The molecule has 0 saturated carbocycles. The maximum atomic E-state index is 11.1. The minimum atomic E-state index is -1.02. The van der Waals surface area contributed by atoms with Crippen molar-refractivity contribution in [1.29, 1.82) is 0 Å². The number of carbonyl (C=O) groups is 1. The number of carboxylic acids is 1. The van der Waals surface area contributed by atoms with Gasteiger partial charge in [-0.3, -0.25) is 0 Å². The van der Waals surface area contributed by atoms with Gasteiger partial charge < -0.3 is 15.6 Å². The lowest BCUT2D eigenvalue weighted by Crippen LogP contribution is -2.08. The molecule has 0 aliphatic heterocycles. The van der Waals surface area contributed by atoms with Gasteiger partial charge in [-0.05, 0) is 23.1 Å². The molecule has 100 valence electrons. The molecule has 0 saturated heterocycles. The molecule has 0 aliphatic rings. The van der Waals surface area contributed by atoms with Gasteiger partial charge in [-0.2, -0.15) is 0 Å². The molecule has 0 radical (unpaired) electrons. The summed E-state index contributed by atoms with van der Waals surface area (Å²) in [4.78, 5) is 12.4. The first-order valence-corrected chi connectivity index (χ1v) is 6.77. The molecule has 4 nitrogen and oxygen atoms in total. The van der Waals surface area contributed by atoms with Crippen LogP contribution in [0.1, 0.15) is 20.8 Å². The quantitative estimate of drug-likeness (QED) is 0.629. The number of thiophene rings is 1. The summed E-state index contributed by atoms with van der Waals surface area (Å²) in [5, 5.41) is 11.1. The van der Waals surface area contributed by atoms with Crippen LogP contribution in [0.15, 0.2) is 35.7 Å². The van der Waals surface area contributed by atoms with Crippen LogP contribution in [0.5, 0.6) is 0 Å². The fourth-order valence-corrected chi connectivity index (χ4v) is 2.50. The Morgan fingerprint density at radius 1 is 1.32 bits per heavy atom. The minimum Gasteiger partial charge on any atom is -0.478 e. The normalized spacial score (nSPS) is 10.5. The van der Waals surface area contributed by atoms with Gasteiger partial charge in [0.1, 0.15) is 0 Å². The number of rotatable bonds is 6. The van der Waals surface area contributed by atoms with Crippen molar-refractivity contribution in [1.82, 2.24) is 0 Å². The van der Waals surface area contributed by atoms with Crippen LogP contribution < -0.4 is 5.73 Å². The number of carboxylic acid groups (broad SMARTS) is 1. The second-order valence-corrected chi connectivity index (χ2v) is 5.10. The molecule has 1 heterocycles. The molecule has 2 aromatic rings. The summed E-state index contributed by atoms with van der Waals surface area (Å²) in [5.74, 6) is -1.02. The second kappa shape index (κ2) is 6.36. The van der Waals surface area contributed by atoms with Crippen LogP contribution in [0.3, 0.4) is 0 Å². The first-order valence-electron chi connectivity index (χ1n) is 5.89. The van der Waals surface area contributed by atoms with Crippen molar-refractivity contribution in [2.75, 3.05) is 12.3 Å². The van der Waals surface area contributed by atoms with E-state index in [-0.39, 0.29) is 17.9 Å². The third-order valence-electron chi connectivity index (χ3n) is 2.73. The zero-order valence-corrected chi connectivity index (χ0v) is 11.2. The molecular formula is C14H15NO3S. The summed E-state index contributed by atoms with van der Waals surface area (Å²) >= 11 is 1.69. The van der Waals surface area contributed by atoms with Gasteiger partial charge in [0.25, 0.3) is 0 Å². The van der Waals surface area contributed by atoms with Crippen molar-refractivity contribution < 1.29 is 14.6 Å². The van der Waals surface area contributed by atoms with Crippen LogP contribution in [-0.2, 0) is 17.8 Å². The van der Waals surface area contributed by atoms with E-state index in [0.717, 1.165) is 6.42 Å². The Labute approximate surface area is 115 Å². The van der Waals surface area contributed by atoms with E-state index in [1.807, 2.05) is 11.4 Å². The molecule has 0 aliphatic carbocycles.